The van der Waals surface area contributed by atoms with E-state index < -0.39 is 11.9 Å². The molecule has 2 aliphatic rings. The van der Waals surface area contributed by atoms with Gasteiger partial charge >= 0.3 is 0 Å². The molecule has 3 heterocycles. The largest absolute Gasteiger partial charge is 0.380 e. The number of likely N-dealkylation sites (N-methyl/N-ethyl adjacent to an activating group) is 1. The van der Waals surface area contributed by atoms with Crippen molar-refractivity contribution >= 4 is 23.2 Å². The van der Waals surface area contributed by atoms with Crippen LogP contribution >= 0.6 is 0 Å². The lowest BCUT2D eigenvalue weighted by Crippen LogP contribution is -2.47. The lowest BCUT2D eigenvalue weighted by Gasteiger charge is -2.24. The Morgan fingerprint density at radius 2 is 2.00 bits per heavy atom. The summed E-state index contributed by atoms with van der Waals surface area (Å²) < 4.78 is 22.1. The molecule has 0 bridgehead atoms. The van der Waals surface area contributed by atoms with Crippen molar-refractivity contribution in [1.82, 2.24) is 20.1 Å². The fraction of sp³-hybridized carbons (Fsp3) is 0.385. The quantitative estimate of drug-likeness (QED) is 0.568. The van der Waals surface area contributed by atoms with Gasteiger partial charge in [-0.05, 0) is 36.5 Å². The maximum absolute atomic E-state index is 15.1. The van der Waals surface area contributed by atoms with Gasteiger partial charge in [-0.2, -0.15) is 0 Å². The van der Waals surface area contributed by atoms with Crippen LogP contribution in [0.4, 0.5) is 15.8 Å². The molecule has 1 aromatic heterocycles. The predicted molar refractivity (Wildman–Crippen MR) is 133 cm³/mol. The first-order valence-electron chi connectivity index (χ1n) is 12.0. The number of hydrogen-bond acceptors (Lipinski definition) is 6. The highest BCUT2D eigenvalue weighted by Crippen LogP contribution is 2.34. The number of halogens is 1. The van der Waals surface area contributed by atoms with Crippen molar-refractivity contribution in [3.05, 3.63) is 71.6 Å². The molecule has 0 saturated carbocycles. The zero-order valence-corrected chi connectivity index (χ0v) is 20.4. The summed E-state index contributed by atoms with van der Waals surface area (Å²) in [6.07, 6.45) is 3.32. The summed E-state index contributed by atoms with van der Waals surface area (Å²) in [4.78, 5) is 33.5. The number of nitrogens with zero attached hydrogens (tertiary/aromatic N) is 5. The molecule has 188 valence electrons. The normalized spacial score (nSPS) is 19.8. The maximum Gasteiger partial charge on any atom is 0.291 e. The molecule has 2 aliphatic heterocycles. The number of carbonyl (C=O) groups is 2. The Morgan fingerprint density at radius 3 is 2.75 bits per heavy atom. The van der Waals surface area contributed by atoms with Crippen molar-refractivity contribution in [2.45, 2.75) is 38.0 Å². The van der Waals surface area contributed by atoms with Gasteiger partial charge in [0.05, 0.1) is 18.3 Å². The van der Waals surface area contributed by atoms with Crippen LogP contribution in [0.5, 0.6) is 0 Å². The third-order valence-electron chi connectivity index (χ3n) is 6.89. The molecule has 9 nitrogen and oxygen atoms in total. The minimum Gasteiger partial charge on any atom is -0.380 e. The van der Waals surface area contributed by atoms with Crippen LogP contribution in [0.1, 0.15) is 34.6 Å². The second kappa shape index (κ2) is 10.1. The lowest BCUT2D eigenvalue weighted by molar-refractivity contribution is -0.120. The molecule has 36 heavy (non-hydrogen) atoms. The number of hydrogen-bond donors (Lipinski definition) is 1. The summed E-state index contributed by atoms with van der Waals surface area (Å²) in [5.41, 5.74) is 2.94. The Kier molecular flexibility index (Phi) is 6.69. The lowest BCUT2D eigenvalue weighted by atomic mass is 10.0. The average Bonchev–Trinajstić information content (AvgIpc) is 3.54. The Hall–Kier alpha value is -3.79. The van der Waals surface area contributed by atoms with E-state index in [1.54, 1.807) is 18.8 Å². The summed E-state index contributed by atoms with van der Waals surface area (Å²) in [6, 6.07) is 12.2. The van der Waals surface area contributed by atoms with Crippen LogP contribution in [0, 0.1) is 5.82 Å². The van der Waals surface area contributed by atoms with Crippen LogP contribution in [0.25, 0.3) is 0 Å². The van der Waals surface area contributed by atoms with Gasteiger partial charge in [0.25, 0.3) is 5.91 Å². The monoisotopic (exact) mass is 492 g/mol. The number of aromatic nitrogens is 3. The van der Waals surface area contributed by atoms with Crippen molar-refractivity contribution in [2.24, 2.45) is 0 Å². The number of fused-ring (bicyclic) bond motifs is 1. The molecule has 5 rings (SSSR count). The van der Waals surface area contributed by atoms with Gasteiger partial charge in [0.1, 0.15) is 18.2 Å². The van der Waals surface area contributed by atoms with Gasteiger partial charge in [0, 0.05) is 39.0 Å². The molecule has 0 radical (unpaired) electrons. The summed E-state index contributed by atoms with van der Waals surface area (Å²) in [7, 11) is 3.27. The summed E-state index contributed by atoms with van der Waals surface area (Å²) in [5.74, 6) is -1.20. The summed E-state index contributed by atoms with van der Waals surface area (Å²) >= 11 is 0. The number of amides is 2. The van der Waals surface area contributed by atoms with Crippen LogP contribution < -0.4 is 15.1 Å². The molecule has 2 atom stereocenters. The van der Waals surface area contributed by atoms with E-state index >= 15 is 4.39 Å². The third kappa shape index (κ3) is 4.81. The molecule has 2 aromatic carbocycles. The summed E-state index contributed by atoms with van der Waals surface area (Å²) in [5, 5.41) is 7.04. The van der Waals surface area contributed by atoms with Gasteiger partial charge in [-0.15, -0.1) is 5.10 Å². The van der Waals surface area contributed by atoms with E-state index in [0.29, 0.717) is 43.9 Å². The fourth-order valence-corrected chi connectivity index (χ4v) is 4.87. The van der Waals surface area contributed by atoms with Gasteiger partial charge in [-0.25, -0.2) is 14.1 Å². The number of aryl methyl sites for hydroxylation is 1. The number of benzene rings is 2. The fourth-order valence-electron chi connectivity index (χ4n) is 4.87. The van der Waals surface area contributed by atoms with Gasteiger partial charge in [0.2, 0.25) is 11.7 Å². The van der Waals surface area contributed by atoms with E-state index in [0.717, 1.165) is 17.5 Å². The first kappa shape index (κ1) is 23.9. The van der Waals surface area contributed by atoms with E-state index in [4.69, 9.17) is 4.74 Å². The molecular formula is C26H29FN6O3. The Morgan fingerprint density at radius 1 is 1.19 bits per heavy atom. The number of ether oxygens (including phenoxy) is 1. The first-order valence-corrected chi connectivity index (χ1v) is 12.0. The first-order chi connectivity index (χ1) is 17.4. The molecule has 0 spiro atoms. The molecule has 1 N–H and O–H groups in total. The Labute approximate surface area is 208 Å². The topological polar surface area (TPSA) is 92.6 Å². The number of rotatable bonds is 6. The maximum atomic E-state index is 15.1. The van der Waals surface area contributed by atoms with Gasteiger partial charge in [0.15, 0.2) is 0 Å². The number of carbonyl (C=O) groups excluding carboxylic acids is 2. The van der Waals surface area contributed by atoms with Crippen molar-refractivity contribution in [3.8, 4) is 0 Å². The van der Waals surface area contributed by atoms with Crippen molar-refractivity contribution < 1.29 is 18.7 Å². The predicted octanol–water partition coefficient (Wildman–Crippen LogP) is 2.40. The van der Waals surface area contributed by atoms with Crippen molar-refractivity contribution in [3.63, 3.8) is 0 Å². The van der Waals surface area contributed by atoms with E-state index in [-0.39, 0.29) is 23.7 Å². The second-order valence-electron chi connectivity index (χ2n) is 9.24. The zero-order valence-electron chi connectivity index (χ0n) is 20.4. The Balaban J connectivity index is 1.29. The smallest absolute Gasteiger partial charge is 0.291 e. The number of nitrogens with one attached hydrogen (secondary N) is 1. The second-order valence-corrected chi connectivity index (χ2v) is 9.24. The average molecular weight is 493 g/mol. The molecule has 1 fully saturated rings. The molecule has 1 saturated heterocycles. The molecule has 10 heteroatoms. The zero-order chi connectivity index (χ0) is 25.2. The third-order valence-corrected chi connectivity index (χ3v) is 6.89. The number of methoxy groups -OCH3 is 1. The van der Waals surface area contributed by atoms with Crippen LogP contribution in [-0.4, -0.2) is 66.0 Å². The van der Waals surface area contributed by atoms with Crippen LogP contribution in [-0.2, 0) is 22.5 Å². The van der Waals surface area contributed by atoms with Crippen LogP contribution in [0.2, 0.25) is 0 Å². The SMILES string of the molecule is CO[C@H]1CCN(c2cc3c(cc2F)N(C)C(=O)[C@@H](NC(=O)c2ncn(Cc4ccccc4)n2)CC3)C1. The van der Waals surface area contributed by atoms with E-state index in [1.165, 1.54) is 17.3 Å². The highest BCUT2D eigenvalue weighted by Gasteiger charge is 2.32. The molecule has 0 aliphatic carbocycles. The minimum atomic E-state index is -0.771. The molecular weight excluding hydrogens is 463 g/mol. The van der Waals surface area contributed by atoms with E-state index in [2.05, 4.69) is 15.4 Å². The van der Waals surface area contributed by atoms with E-state index in [9.17, 15) is 9.59 Å². The van der Waals surface area contributed by atoms with Crippen LogP contribution in [0.3, 0.4) is 0 Å². The molecule has 2 amide bonds. The van der Waals surface area contributed by atoms with Gasteiger partial charge in [-0.3, -0.25) is 9.59 Å². The van der Waals surface area contributed by atoms with Gasteiger partial charge in [-0.1, -0.05) is 30.3 Å². The molecule has 0 unspecified atom stereocenters. The van der Waals surface area contributed by atoms with Gasteiger partial charge < -0.3 is 19.9 Å². The molecule has 3 aromatic rings. The number of anilines is 2. The van der Waals surface area contributed by atoms with E-state index in [1.807, 2.05) is 41.3 Å². The highest BCUT2D eigenvalue weighted by molar-refractivity contribution is 6.02. The Bertz CT molecular complexity index is 1260. The summed E-state index contributed by atoms with van der Waals surface area (Å²) in [6.45, 7) is 1.83. The minimum absolute atomic E-state index is 0.00166. The van der Waals surface area contributed by atoms with Crippen molar-refractivity contribution in [1.29, 1.82) is 0 Å². The standard InChI is InChI=1S/C26H29FN6O3/c1-31-22-13-20(27)23(32-11-10-19(15-32)36-2)12-18(22)8-9-21(26(31)35)29-25(34)24-28-16-33(30-24)14-17-6-4-3-5-7-17/h3-7,12-13,16,19,21H,8-11,14-15H2,1-2H3,(H,29,34)/t19-,21-/m0/s1. The van der Waals surface area contributed by atoms with Crippen LogP contribution in [0.15, 0.2) is 48.8 Å². The highest BCUT2D eigenvalue weighted by atomic mass is 19.1. The van der Waals surface area contributed by atoms with Crippen molar-refractivity contribution in [2.75, 3.05) is 37.0 Å².